The zero-order chi connectivity index (χ0) is 15.6. The van der Waals surface area contributed by atoms with Crippen molar-refractivity contribution in [3.8, 4) is 0 Å². The number of sulfone groups is 1. The zero-order valence-corrected chi connectivity index (χ0v) is 14.3. The highest BCUT2D eigenvalue weighted by Gasteiger charge is 2.29. The molecule has 21 heavy (non-hydrogen) atoms. The zero-order valence-electron chi connectivity index (χ0n) is 12.7. The van der Waals surface area contributed by atoms with Crippen LogP contribution in [-0.4, -0.2) is 35.9 Å². The molecule has 2 atom stereocenters. The summed E-state index contributed by atoms with van der Waals surface area (Å²) in [6.07, 6.45) is 5.28. The molecule has 1 aromatic heterocycles. The highest BCUT2D eigenvalue weighted by molar-refractivity contribution is 7.91. The fourth-order valence-electron chi connectivity index (χ4n) is 2.69. The number of nitrogens with one attached hydrogen (secondary N) is 1. The molecule has 0 amide bonds. The lowest BCUT2D eigenvalue weighted by Gasteiger charge is -2.29. The second-order valence-corrected chi connectivity index (χ2v) is 8.40. The van der Waals surface area contributed by atoms with Crippen LogP contribution in [0, 0.1) is 6.92 Å². The number of nitrogens with zero attached hydrogens (tertiary/aromatic N) is 2. The first kappa shape index (κ1) is 16.5. The molecule has 0 aromatic carbocycles. The Bertz CT molecular complexity index is 619. The Morgan fingerprint density at radius 1 is 1.33 bits per heavy atom. The van der Waals surface area contributed by atoms with Gasteiger partial charge in [0.05, 0.1) is 5.25 Å². The van der Waals surface area contributed by atoms with E-state index in [1.807, 2.05) is 13.8 Å². The molecule has 1 aliphatic carbocycles. The Hall–Kier alpha value is -0.880. The third-order valence-corrected chi connectivity index (χ3v) is 6.03. The number of aromatic nitrogens is 2. The van der Waals surface area contributed by atoms with Crippen molar-refractivity contribution in [1.29, 1.82) is 0 Å². The van der Waals surface area contributed by atoms with Gasteiger partial charge < -0.3 is 5.32 Å². The minimum atomic E-state index is -2.98. The van der Waals surface area contributed by atoms with E-state index in [1.54, 1.807) is 0 Å². The van der Waals surface area contributed by atoms with Crippen LogP contribution in [0.15, 0.2) is 0 Å². The standard InChI is InChI=1S/C14H22ClN3O2S/c1-4-12-17-13(15)9(2)14(18-12)16-10-6-5-7-11(8-10)21(3,19)20/h10-11H,4-8H2,1-3H3,(H,16,17,18)/t10-,11-/m0/s1. The Labute approximate surface area is 131 Å². The molecule has 0 spiro atoms. The second-order valence-electron chi connectivity index (χ2n) is 5.72. The molecule has 0 aliphatic heterocycles. The topological polar surface area (TPSA) is 72.0 Å². The molecule has 0 bridgehead atoms. The van der Waals surface area contributed by atoms with E-state index in [-0.39, 0.29) is 11.3 Å². The molecule has 1 aromatic rings. The van der Waals surface area contributed by atoms with Crippen LogP contribution in [-0.2, 0) is 16.3 Å². The molecule has 1 heterocycles. The predicted octanol–water partition coefficient (Wildman–Crippen LogP) is 2.77. The van der Waals surface area contributed by atoms with Crippen molar-refractivity contribution < 1.29 is 8.42 Å². The largest absolute Gasteiger partial charge is 0.367 e. The quantitative estimate of drug-likeness (QED) is 0.859. The summed E-state index contributed by atoms with van der Waals surface area (Å²) in [6.45, 7) is 3.85. The van der Waals surface area contributed by atoms with Crippen molar-refractivity contribution in [3.63, 3.8) is 0 Å². The normalized spacial score (nSPS) is 23.0. The molecule has 1 fully saturated rings. The van der Waals surface area contributed by atoms with Gasteiger partial charge >= 0.3 is 0 Å². The highest BCUT2D eigenvalue weighted by Crippen LogP contribution is 2.28. The number of aryl methyl sites for hydroxylation is 1. The van der Waals surface area contributed by atoms with Crippen LogP contribution >= 0.6 is 11.6 Å². The van der Waals surface area contributed by atoms with Gasteiger partial charge in [-0.05, 0) is 26.2 Å². The molecule has 1 saturated carbocycles. The Kier molecular flexibility index (Phi) is 5.09. The molecule has 0 saturated heterocycles. The maximum absolute atomic E-state index is 11.7. The van der Waals surface area contributed by atoms with Crippen LogP contribution in [0.25, 0.3) is 0 Å². The molecule has 0 radical (unpaired) electrons. The van der Waals surface area contributed by atoms with E-state index in [0.29, 0.717) is 23.8 Å². The molecule has 1 N–H and O–H groups in total. The van der Waals surface area contributed by atoms with Gasteiger partial charge in [-0.25, -0.2) is 18.4 Å². The number of anilines is 1. The van der Waals surface area contributed by atoms with Crippen molar-refractivity contribution >= 4 is 27.3 Å². The Morgan fingerprint density at radius 2 is 2.05 bits per heavy atom. The SMILES string of the molecule is CCc1nc(Cl)c(C)c(N[C@H]2CCC[C@H](S(C)(=O)=O)C2)n1. The van der Waals surface area contributed by atoms with Gasteiger partial charge in [0, 0.05) is 24.3 Å². The third-order valence-electron chi connectivity index (χ3n) is 4.02. The minimum Gasteiger partial charge on any atom is -0.367 e. The van der Waals surface area contributed by atoms with Gasteiger partial charge in [-0.3, -0.25) is 0 Å². The van der Waals surface area contributed by atoms with E-state index in [4.69, 9.17) is 11.6 Å². The van der Waals surface area contributed by atoms with Gasteiger partial charge in [0.2, 0.25) is 0 Å². The summed E-state index contributed by atoms with van der Waals surface area (Å²) in [5.74, 6) is 1.43. The fourth-order valence-corrected chi connectivity index (χ4v) is 4.05. The Morgan fingerprint density at radius 3 is 2.67 bits per heavy atom. The second kappa shape index (κ2) is 6.48. The van der Waals surface area contributed by atoms with Crippen molar-refractivity contribution in [3.05, 3.63) is 16.5 Å². The molecular formula is C14H22ClN3O2S. The van der Waals surface area contributed by atoms with Crippen molar-refractivity contribution in [2.75, 3.05) is 11.6 Å². The molecule has 5 nitrogen and oxygen atoms in total. The average molecular weight is 332 g/mol. The van der Waals surface area contributed by atoms with E-state index in [1.165, 1.54) is 6.26 Å². The lowest BCUT2D eigenvalue weighted by Crippen LogP contribution is -2.34. The van der Waals surface area contributed by atoms with Crippen molar-refractivity contribution in [1.82, 2.24) is 9.97 Å². The van der Waals surface area contributed by atoms with Crippen LogP contribution < -0.4 is 5.32 Å². The smallest absolute Gasteiger partial charge is 0.150 e. The summed E-state index contributed by atoms with van der Waals surface area (Å²) in [4.78, 5) is 8.69. The lowest BCUT2D eigenvalue weighted by atomic mass is 9.95. The first-order valence-corrected chi connectivity index (χ1v) is 9.63. The first-order valence-electron chi connectivity index (χ1n) is 7.29. The van der Waals surface area contributed by atoms with Crippen LogP contribution in [0.5, 0.6) is 0 Å². The molecule has 1 aliphatic rings. The first-order chi connectivity index (χ1) is 9.81. The van der Waals surface area contributed by atoms with Crippen LogP contribution in [0.2, 0.25) is 5.15 Å². The van der Waals surface area contributed by atoms with Gasteiger partial charge in [0.25, 0.3) is 0 Å². The van der Waals surface area contributed by atoms with Crippen molar-refractivity contribution in [2.24, 2.45) is 0 Å². The van der Waals surface area contributed by atoms with E-state index in [2.05, 4.69) is 15.3 Å². The summed E-state index contributed by atoms with van der Waals surface area (Å²) in [6, 6.07) is 0.118. The summed E-state index contributed by atoms with van der Waals surface area (Å²) in [7, 11) is -2.98. The molecule has 7 heteroatoms. The predicted molar refractivity (Wildman–Crippen MR) is 85.7 cm³/mol. The fraction of sp³-hybridized carbons (Fsp3) is 0.714. The van der Waals surface area contributed by atoms with E-state index in [0.717, 1.165) is 30.6 Å². The maximum atomic E-state index is 11.7. The monoisotopic (exact) mass is 331 g/mol. The molecular weight excluding hydrogens is 310 g/mol. The van der Waals surface area contributed by atoms with Crippen LogP contribution in [0.4, 0.5) is 5.82 Å². The van der Waals surface area contributed by atoms with Gasteiger partial charge in [-0.2, -0.15) is 0 Å². The summed E-state index contributed by atoms with van der Waals surface area (Å²) < 4.78 is 23.5. The number of rotatable bonds is 4. The van der Waals surface area contributed by atoms with E-state index >= 15 is 0 Å². The average Bonchev–Trinajstić information content (AvgIpc) is 2.43. The highest BCUT2D eigenvalue weighted by atomic mass is 35.5. The van der Waals surface area contributed by atoms with E-state index < -0.39 is 9.84 Å². The maximum Gasteiger partial charge on any atom is 0.150 e. The van der Waals surface area contributed by atoms with Crippen LogP contribution in [0.3, 0.4) is 0 Å². The summed E-state index contributed by atoms with van der Waals surface area (Å²) in [5.41, 5.74) is 0.815. The number of hydrogen-bond acceptors (Lipinski definition) is 5. The number of halogens is 1. The van der Waals surface area contributed by atoms with Gasteiger partial charge in [-0.1, -0.05) is 24.9 Å². The van der Waals surface area contributed by atoms with Crippen molar-refractivity contribution in [2.45, 2.75) is 57.2 Å². The van der Waals surface area contributed by atoms with Gasteiger partial charge in [0.1, 0.15) is 26.6 Å². The lowest BCUT2D eigenvalue weighted by molar-refractivity contribution is 0.452. The summed E-state index contributed by atoms with van der Waals surface area (Å²) in [5, 5.41) is 3.57. The third kappa shape index (κ3) is 4.07. The van der Waals surface area contributed by atoms with Crippen LogP contribution in [0.1, 0.15) is 44.0 Å². The van der Waals surface area contributed by atoms with E-state index in [9.17, 15) is 8.42 Å². The Balaban J connectivity index is 2.16. The van der Waals surface area contributed by atoms with Gasteiger partial charge in [-0.15, -0.1) is 0 Å². The molecule has 0 unspecified atom stereocenters. The molecule has 2 rings (SSSR count). The number of hydrogen-bond donors (Lipinski definition) is 1. The summed E-state index contributed by atoms with van der Waals surface area (Å²) >= 11 is 6.13. The minimum absolute atomic E-state index is 0.118. The molecule has 118 valence electrons. The van der Waals surface area contributed by atoms with Gasteiger partial charge in [0.15, 0.2) is 0 Å².